The zero-order valence-electron chi connectivity index (χ0n) is 11.6. The minimum atomic E-state index is 0.258. The molecule has 1 aliphatic carbocycles. The quantitative estimate of drug-likeness (QED) is 0.839. The van der Waals surface area contributed by atoms with Crippen LogP contribution in [0.15, 0.2) is 24.5 Å². The summed E-state index contributed by atoms with van der Waals surface area (Å²) in [4.78, 5) is 4.03. The van der Waals surface area contributed by atoms with Gasteiger partial charge in [0.2, 0.25) is 0 Å². The van der Waals surface area contributed by atoms with Gasteiger partial charge in [-0.05, 0) is 44.0 Å². The highest BCUT2D eigenvalue weighted by Gasteiger charge is 2.48. The standard InChI is InChI=1S/C15H24N2O/c1-4-18-14-11-13(15(14,2)3)17-10-7-12-5-8-16-9-6-12/h5-6,8-9,13-14,17H,4,7,10-11H2,1-3H3. The molecule has 3 heteroatoms. The second kappa shape index (κ2) is 5.81. The highest BCUT2D eigenvalue weighted by Crippen LogP contribution is 2.42. The van der Waals surface area contributed by atoms with Crippen LogP contribution in [-0.2, 0) is 11.2 Å². The summed E-state index contributed by atoms with van der Waals surface area (Å²) in [7, 11) is 0. The molecule has 0 amide bonds. The van der Waals surface area contributed by atoms with Crippen molar-refractivity contribution in [3.05, 3.63) is 30.1 Å². The maximum Gasteiger partial charge on any atom is 0.0655 e. The molecular weight excluding hydrogens is 224 g/mol. The Morgan fingerprint density at radius 3 is 2.72 bits per heavy atom. The Balaban J connectivity index is 1.73. The predicted molar refractivity (Wildman–Crippen MR) is 73.5 cm³/mol. The van der Waals surface area contributed by atoms with Crippen molar-refractivity contribution in [2.24, 2.45) is 5.41 Å². The minimum Gasteiger partial charge on any atom is -0.378 e. The van der Waals surface area contributed by atoms with Crippen molar-refractivity contribution in [1.82, 2.24) is 10.3 Å². The van der Waals surface area contributed by atoms with Crippen LogP contribution in [0.4, 0.5) is 0 Å². The van der Waals surface area contributed by atoms with E-state index in [1.807, 2.05) is 12.4 Å². The summed E-state index contributed by atoms with van der Waals surface area (Å²) in [6.45, 7) is 8.50. The van der Waals surface area contributed by atoms with E-state index < -0.39 is 0 Å². The number of nitrogens with zero attached hydrogens (tertiary/aromatic N) is 1. The van der Waals surface area contributed by atoms with Crippen LogP contribution in [0.3, 0.4) is 0 Å². The van der Waals surface area contributed by atoms with Gasteiger partial charge >= 0.3 is 0 Å². The number of hydrogen-bond acceptors (Lipinski definition) is 3. The summed E-state index contributed by atoms with van der Waals surface area (Å²) in [5, 5.41) is 3.65. The minimum absolute atomic E-state index is 0.258. The Morgan fingerprint density at radius 2 is 2.11 bits per heavy atom. The van der Waals surface area contributed by atoms with Crippen molar-refractivity contribution in [3.8, 4) is 0 Å². The van der Waals surface area contributed by atoms with Gasteiger partial charge in [0.1, 0.15) is 0 Å². The molecule has 2 atom stereocenters. The van der Waals surface area contributed by atoms with Gasteiger partial charge in [-0.3, -0.25) is 4.98 Å². The number of nitrogens with one attached hydrogen (secondary N) is 1. The number of hydrogen-bond donors (Lipinski definition) is 1. The number of aromatic nitrogens is 1. The maximum absolute atomic E-state index is 5.74. The highest BCUT2D eigenvalue weighted by molar-refractivity contribution is 5.10. The van der Waals surface area contributed by atoms with Crippen molar-refractivity contribution >= 4 is 0 Å². The van der Waals surface area contributed by atoms with E-state index in [0.29, 0.717) is 12.1 Å². The van der Waals surface area contributed by atoms with Crippen molar-refractivity contribution in [2.45, 2.75) is 45.8 Å². The molecule has 1 aliphatic rings. The molecule has 0 bridgehead atoms. The Morgan fingerprint density at radius 1 is 1.39 bits per heavy atom. The third-order valence-electron chi connectivity index (χ3n) is 4.10. The molecule has 0 aromatic carbocycles. The third-order valence-corrected chi connectivity index (χ3v) is 4.10. The molecule has 1 fully saturated rings. The Kier molecular flexibility index (Phi) is 4.36. The van der Waals surface area contributed by atoms with Crippen LogP contribution in [0.2, 0.25) is 0 Å². The van der Waals surface area contributed by atoms with Crippen LogP contribution in [0, 0.1) is 5.41 Å². The van der Waals surface area contributed by atoms with E-state index in [0.717, 1.165) is 26.0 Å². The van der Waals surface area contributed by atoms with Crippen molar-refractivity contribution in [1.29, 1.82) is 0 Å². The Hall–Kier alpha value is -0.930. The number of rotatable bonds is 6. The fourth-order valence-corrected chi connectivity index (χ4v) is 2.66. The molecule has 1 saturated carbocycles. The van der Waals surface area contributed by atoms with E-state index >= 15 is 0 Å². The monoisotopic (exact) mass is 248 g/mol. The Bertz CT molecular complexity index is 364. The van der Waals surface area contributed by atoms with Gasteiger partial charge < -0.3 is 10.1 Å². The second-order valence-corrected chi connectivity index (χ2v) is 5.61. The zero-order valence-corrected chi connectivity index (χ0v) is 11.6. The highest BCUT2D eigenvalue weighted by atomic mass is 16.5. The molecule has 2 unspecified atom stereocenters. The van der Waals surface area contributed by atoms with Crippen LogP contribution in [0.5, 0.6) is 0 Å². The molecule has 3 nitrogen and oxygen atoms in total. The fourth-order valence-electron chi connectivity index (χ4n) is 2.66. The van der Waals surface area contributed by atoms with Gasteiger partial charge in [0.25, 0.3) is 0 Å². The zero-order chi connectivity index (χ0) is 13.0. The summed E-state index contributed by atoms with van der Waals surface area (Å²) < 4.78 is 5.74. The van der Waals surface area contributed by atoms with Gasteiger partial charge in [-0.25, -0.2) is 0 Å². The van der Waals surface area contributed by atoms with Crippen LogP contribution < -0.4 is 5.32 Å². The molecular formula is C15H24N2O. The molecule has 2 rings (SSSR count). The third kappa shape index (κ3) is 2.90. The summed E-state index contributed by atoms with van der Waals surface area (Å²) in [5.41, 5.74) is 1.60. The topological polar surface area (TPSA) is 34.1 Å². The number of ether oxygens (including phenoxy) is 1. The van der Waals surface area contributed by atoms with Crippen LogP contribution in [0.25, 0.3) is 0 Å². The van der Waals surface area contributed by atoms with Gasteiger partial charge in [0.15, 0.2) is 0 Å². The van der Waals surface area contributed by atoms with Gasteiger partial charge in [-0.2, -0.15) is 0 Å². The van der Waals surface area contributed by atoms with E-state index in [1.54, 1.807) is 0 Å². The van der Waals surface area contributed by atoms with Crippen molar-refractivity contribution < 1.29 is 4.74 Å². The molecule has 0 spiro atoms. The van der Waals surface area contributed by atoms with Crippen molar-refractivity contribution in [2.75, 3.05) is 13.2 Å². The lowest BCUT2D eigenvalue weighted by molar-refractivity contribution is -0.113. The van der Waals surface area contributed by atoms with Crippen molar-refractivity contribution in [3.63, 3.8) is 0 Å². The normalized spacial score (nSPS) is 25.7. The molecule has 1 heterocycles. The maximum atomic E-state index is 5.74. The SMILES string of the molecule is CCOC1CC(NCCc2ccncc2)C1(C)C. The summed E-state index contributed by atoms with van der Waals surface area (Å²) >= 11 is 0. The first-order valence-electron chi connectivity index (χ1n) is 6.88. The smallest absolute Gasteiger partial charge is 0.0655 e. The molecule has 18 heavy (non-hydrogen) atoms. The molecule has 0 saturated heterocycles. The summed E-state index contributed by atoms with van der Waals surface area (Å²) in [6.07, 6.45) is 6.33. The Labute approximate surface area is 110 Å². The van der Waals surface area contributed by atoms with E-state index in [4.69, 9.17) is 4.74 Å². The van der Waals surface area contributed by atoms with E-state index in [-0.39, 0.29) is 5.41 Å². The van der Waals surface area contributed by atoms with Gasteiger partial charge in [-0.15, -0.1) is 0 Å². The lowest BCUT2D eigenvalue weighted by Crippen LogP contribution is -2.61. The van der Waals surface area contributed by atoms with Gasteiger partial charge in [0, 0.05) is 30.5 Å². The lowest BCUT2D eigenvalue weighted by atomic mass is 9.64. The average molecular weight is 248 g/mol. The van der Waals surface area contributed by atoms with E-state index in [1.165, 1.54) is 5.56 Å². The predicted octanol–water partition coefficient (Wildman–Crippen LogP) is 2.42. The summed E-state index contributed by atoms with van der Waals surface area (Å²) in [5.74, 6) is 0. The molecule has 100 valence electrons. The largest absolute Gasteiger partial charge is 0.378 e. The average Bonchev–Trinajstić information content (AvgIpc) is 2.38. The van der Waals surface area contributed by atoms with E-state index in [2.05, 4.69) is 43.2 Å². The first-order valence-corrected chi connectivity index (χ1v) is 6.88. The molecule has 1 aromatic heterocycles. The molecule has 0 aliphatic heterocycles. The fraction of sp³-hybridized carbons (Fsp3) is 0.667. The molecule has 0 radical (unpaired) electrons. The van der Waals surface area contributed by atoms with Gasteiger partial charge in [-0.1, -0.05) is 13.8 Å². The molecule has 1 N–H and O–H groups in total. The van der Waals surface area contributed by atoms with Crippen LogP contribution in [-0.4, -0.2) is 30.3 Å². The molecule has 1 aromatic rings. The number of pyridine rings is 1. The second-order valence-electron chi connectivity index (χ2n) is 5.61. The van der Waals surface area contributed by atoms with E-state index in [9.17, 15) is 0 Å². The van der Waals surface area contributed by atoms with Crippen LogP contribution in [0.1, 0.15) is 32.8 Å². The lowest BCUT2D eigenvalue weighted by Gasteiger charge is -2.52. The van der Waals surface area contributed by atoms with Crippen LogP contribution >= 0.6 is 0 Å². The first kappa shape index (κ1) is 13.5. The first-order chi connectivity index (χ1) is 8.64. The summed E-state index contributed by atoms with van der Waals surface area (Å²) in [6, 6.07) is 4.74. The van der Waals surface area contributed by atoms with Gasteiger partial charge in [0.05, 0.1) is 6.10 Å².